The fraction of sp³-hybridized carbons (Fsp3) is 0.333. The zero-order valence-corrected chi connectivity index (χ0v) is 8.13. The van der Waals surface area contributed by atoms with Crippen LogP contribution in [0.25, 0.3) is 0 Å². The van der Waals surface area contributed by atoms with Crippen LogP contribution in [0.1, 0.15) is 24.3 Å². The van der Waals surface area contributed by atoms with Gasteiger partial charge in [-0.25, -0.2) is 0 Å². The number of nitrogen functional groups attached to an aromatic ring is 1. The number of hydrogen-bond donors (Lipinski definition) is 2. The predicted molar refractivity (Wildman–Crippen MR) is 52.2 cm³/mol. The molecule has 2 nitrogen and oxygen atoms in total. The van der Waals surface area contributed by atoms with Crippen molar-refractivity contribution >= 4 is 21.6 Å². The highest BCUT2D eigenvalue weighted by Crippen LogP contribution is 2.45. The lowest BCUT2D eigenvalue weighted by molar-refractivity contribution is 0.477. The van der Waals surface area contributed by atoms with Crippen LogP contribution in [0.4, 0.5) is 5.69 Å². The van der Waals surface area contributed by atoms with Crippen molar-refractivity contribution in [2.75, 3.05) is 5.73 Å². The van der Waals surface area contributed by atoms with Crippen LogP contribution in [-0.4, -0.2) is 5.11 Å². The molecule has 1 aromatic carbocycles. The van der Waals surface area contributed by atoms with Gasteiger partial charge in [0, 0.05) is 4.47 Å². The Kier molecular flexibility index (Phi) is 1.76. The Balaban J connectivity index is 2.51. The molecule has 0 heterocycles. The van der Waals surface area contributed by atoms with Gasteiger partial charge in [0.2, 0.25) is 0 Å². The summed E-state index contributed by atoms with van der Waals surface area (Å²) in [5, 5.41) is 9.40. The molecule has 1 fully saturated rings. The minimum Gasteiger partial charge on any atom is -0.506 e. The molecule has 1 saturated carbocycles. The molecule has 3 heteroatoms. The topological polar surface area (TPSA) is 46.2 Å². The number of rotatable bonds is 1. The number of phenols is 1. The van der Waals surface area contributed by atoms with Crippen LogP contribution in [0.15, 0.2) is 16.6 Å². The summed E-state index contributed by atoms with van der Waals surface area (Å²) in [6, 6.07) is 3.62. The van der Waals surface area contributed by atoms with Crippen molar-refractivity contribution in [3.63, 3.8) is 0 Å². The first-order valence-corrected chi connectivity index (χ1v) is 4.75. The summed E-state index contributed by atoms with van der Waals surface area (Å²) in [6.07, 6.45) is 2.39. The Labute approximate surface area is 79.5 Å². The third-order valence-corrected chi connectivity index (χ3v) is 2.63. The second-order valence-corrected chi connectivity index (χ2v) is 4.12. The molecule has 1 aliphatic rings. The van der Waals surface area contributed by atoms with E-state index in [2.05, 4.69) is 15.9 Å². The summed E-state index contributed by atoms with van der Waals surface area (Å²) >= 11 is 3.33. The smallest absolute Gasteiger partial charge is 0.139 e. The highest BCUT2D eigenvalue weighted by Gasteiger charge is 2.26. The molecule has 0 amide bonds. The SMILES string of the molecule is Nc1c(O)cc(Br)cc1C1CC1. The second kappa shape index (κ2) is 2.66. The molecule has 0 spiro atoms. The molecule has 64 valence electrons. The van der Waals surface area contributed by atoms with Crippen LogP contribution < -0.4 is 5.73 Å². The molecule has 0 bridgehead atoms. The second-order valence-electron chi connectivity index (χ2n) is 3.20. The first-order chi connectivity index (χ1) is 5.68. The van der Waals surface area contributed by atoms with Crippen molar-refractivity contribution in [2.45, 2.75) is 18.8 Å². The van der Waals surface area contributed by atoms with Crippen molar-refractivity contribution < 1.29 is 5.11 Å². The number of phenolic OH excluding ortho intramolecular Hbond substituents is 1. The van der Waals surface area contributed by atoms with Crippen LogP contribution in [0.5, 0.6) is 5.75 Å². The van der Waals surface area contributed by atoms with Crippen molar-refractivity contribution in [3.8, 4) is 5.75 Å². The van der Waals surface area contributed by atoms with Crippen molar-refractivity contribution in [3.05, 3.63) is 22.2 Å². The largest absolute Gasteiger partial charge is 0.506 e. The number of anilines is 1. The maximum atomic E-state index is 9.40. The van der Waals surface area contributed by atoms with E-state index >= 15 is 0 Å². The van der Waals surface area contributed by atoms with Crippen LogP contribution >= 0.6 is 15.9 Å². The summed E-state index contributed by atoms with van der Waals surface area (Å²) in [4.78, 5) is 0. The Morgan fingerprint density at radius 3 is 2.67 bits per heavy atom. The third-order valence-electron chi connectivity index (χ3n) is 2.17. The van der Waals surface area contributed by atoms with E-state index in [-0.39, 0.29) is 5.75 Å². The average molecular weight is 228 g/mol. The van der Waals surface area contributed by atoms with Crippen LogP contribution in [0, 0.1) is 0 Å². The highest BCUT2D eigenvalue weighted by molar-refractivity contribution is 9.10. The Morgan fingerprint density at radius 2 is 2.08 bits per heavy atom. The van der Waals surface area contributed by atoms with Crippen molar-refractivity contribution in [1.29, 1.82) is 0 Å². The fourth-order valence-corrected chi connectivity index (χ4v) is 1.82. The van der Waals surface area contributed by atoms with E-state index < -0.39 is 0 Å². The minimum atomic E-state index is 0.186. The molecule has 0 atom stereocenters. The van der Waals surface area contributed by atoms with Gasteiger partial charge in [-0.05, 0) is 36.5 Å². The van der Waals surface area contributed by atoms with Gasteiger partial charge >= 0.3 is 0 Å². The van der Waals surface area contributed by atoms with Gasteiger partial charge in [0.15, 0.2) is 0 Å². The molecular formula is C9H10BrNO. The standard InChI is InChI=1S/C9H10BrNO/c10-6-3-7(5-1-2-5)9(11)8(12)4-6/h3-5,12H,1-2,11H2. The van der Waals surface area contributed by atoms with Gasteiger partial charge in [-0.3, -0.25) is 0 Å². The molecular weight excluding hydrogens is 218 g/mol. The van der Waals surface area contributed by atoms with E-state index in [1.54, 1.807) is 6.07 Å². The number of benzene rings is 1. The van der Waals surface area contributed by atoms with Crippen LogP contribution in [0.2, 0.25) is 0 Å². The Morgan fingerprint density at radius 1 is 1.42 bits per heavy atom. The van der Waals surface area contributed by atoms with Gasteiger partial charge in [-0.1, -0.05) is 15.9 Å². The first-order valence-electron chi connectivity index (χ1n) is 3.96. The van der Waals surface area contributed by atoms with E-state index in [0.29, 0.717) is 11.6 Å². The number of hydrogen-bond acceptors (Lipinski definition) is 2. The lowest BCUT2D eigenvalue weighted by Gasteiger charge is -2.06. The van der Waals surface area contributed by atoms with E-state index in [1.807, 2.05) is 6.07 Å². The Bertz CT molecular complexity index is 321. The van der Waals surface area contributed by atoms with Gasteiger partial charge in [0.05, 0.1) is 5.69 Å². The molecule has 3 N–H and O–H groups in total. The van der Waals surface area contributed by atoms with E-state index in [4.69, 9.17) is 5.73 Å². The molecule has 0 saturated heterocycles. The maximum absolute atomic E-state index is 9.40. The lowest BCUT2D eigenvalue weighted by Crippen LogP contribution is -1.92. The monoisotopic (exact) mass is 227 g/mol. The normalized spacial score (nSPS) is 16.4. The zero-order chi connectivity index (χ0) is 8.72. The summed E-state index contributed by atoms with van der Waals surface area (Å²) < 4.78 is 0.899. The van der Waals surface area contributed by atoms with E-state index in [9.17, 15) is 5.11 Å². The summed E-state index contributed by atoms with van der Waals surface area (Å²) in [6.45, 7) is 0. The fourth-order valence-electron chi connectivity index (χ4n) is 1.36. The van der Waals surface area contributed by atoms with E-state index in [1.165, 1.54) is 12.8 Å². The molecule has 12 heavy (non-hydrogen) atoms. The summed E-state index contributed by atoms with van der Waals surface area (Å²) in [5.41, 5.74) is 7.35. The summed E-state index contributed by atoms with van der Waals surface area (Å²) in [7, 11) is 0. The molecule has 0 aromatic heterocycles. The number of halogens is 1. The summed E-state index contributed by atoms with van der Waals surface area (Å²) in [5.74, 6) is 0.764. The number of nitrogens with two attached hydrogens (primary N) is 1. The average Bonchev–Trinajstić information content (AvgIpc) is 2.79. The quantitative estimate of drug-likeness (QED) is 0.573. The lowest BCUT2D eigenvalue weighted by atomic mass is 10.1. The molecule has 1 aliphatic carbocycles. The first kappa shape index (κ1) is 7.92. The Hall–Kier alpha value is -0.700. The van der Waals surface area contributed by atoms with Crippen LogP contribution in [0.3, 0.4) is 0 Å². The predicted octanol–water partition coefficient (Wildman–Crippen LogP) is 2.61. The molecule has 0 aliphatic heterocycles. The van der Waals surface area contributed by atoms with Crippen molar-refractivity contribution in [2.24, 2.45) is 0 Å². The molecule has 2 rings (SSSR count). The zero-order valence-electron chi connectivity index (χ0n) is 6.55. The van der Waals surface area contributed by atoms with Gasteiger partial charge in [-0.2, -0.15) is 0 Å². The van der Waals surface area contributed by atoms with Crippen molar-refractivity contribution in [1.82, 2.24) is 0 Å². The van der Waals surface area contributed by atoms with E-state index in [0.717, 1.165) is 10.0 Å². The molecule has 0 unspecified atom stereocenters. The number of aromatic hydroxyl groups is 1. The maximum Gasteiger partial charge on any atom is 0.139 e. The van der Waals surface area contributed by atoms with Gasteiger partial charge in [0.1, 0.15) is 5.75 Å². The van der Waals surface area contributed by atoms with Gasteiger partial charge in [0.25, 0.3) is 0 Å². The highest BCUT2D eigenvalue weighted by atomic mass is 79.9. The third kappa shape index (κ3) is 1.29. The van der Waals surface area contributed by atoms with Gasteiger partial charge in [-0.15, -0.1) is 0 Å². The van der Waals surface area contributed by atoms with Gasteiger partial charge < -0.3 is 10.8 Å². The minimum absolute atomic E-state index is 0.186. The molecule has 1 aromatic rings. The van der Waals surface area contributed by atoms with Crippen LogP contribution in [-0.2, 0) is 0 Å². The molecule has 0 radical (unpaired) electrons.